The standard InChI is InChI=1S/C22H29FN4O/c23-19-8-7-17(21-18(19)5-4-11-25-21)15-26-13-9-16(10-14-26)20-6-2-1-3-12-27(20)22(24)28/h4-5,7-8,11,16,20H,1-3,6,9-10,12-15H2,(H2,24,28). The van der Waals surface area contributed by atoms with Gasteiger partial charge in [-0.05, 0) is 68.5 Å². The number of benzene rings is 1. The van der Waals surface area contributed by atoms with Crippen molar-refractivity contribution in [2.75, 3.05) is 19.6 Å². The Morgan fingerprint density at radius 1 is 1.11 bits per heavy atom. The Kier molecular flexibility index (Phi) is 5.76. The number of piperidine rings is 1. The van der Waals surface area contributed by atoms with Crippen LogP contribution in [0.15, 0.2) is 30.5 Å². The van der Waals surface area contributed by atoms with Gasteiger partial charge in [-0.3, -0.25) is 9.88 Å². The molecule has 1 unspecified atom stereocenters. The number of hydrogen-bond acceptors (Lipinski definition) is 3. The number of halogens is 1. The Balaban J connectivity index is 1.42. The van der Waals surface area contributed by atoms with E-state index in [-0.39, 0.29) is 17.9 Å². The molecule has 1 aromatic heterocycles. The van der Waals surface area contributed by atoms with Crippen LogP contribution in [0.25, 0.3) is 10.9 Å². The van der Waals surface area contributed by atoms with Crippen molar-refractivity contribution >= 4 is 16.9 Å². The van der Waals surface area contributed by atoms with Crippen molar-refractivity contribution in [2.45, 2.75) is 51.1 Å². The lowest BCUT2D eigenvalue weighted by atomic mass is 9.86. The average Bonchev–Trinajstić information content (AvgIpc) is 2.97. The Morgan fingerprint density at radius 2 is 1.93 bits per heavy atom. The van der Waals surface area contributed by atoms with E-state index in [4.69, 9.17) is 5.73 Å². The minimum atomic E-state index is -0.266. The van der Waals surface area contributed by atoms with Gasteiger partial charge in [-0.25, -0.2) is 9.18 Å². The molecule has 28 heavy (non-hydrogen) atoms. The lowest BCUT2D eigenvalue weighted by Crippen LogP contribution is -2.49. The molecular formula is C22H29FN4O. The van der Waals surface area contributed by atoms with E-state index in [1.54, 1.807) is 24.4 Å². The third-order valence-electron chi connectivity index (χ3n) is 6.45. The van der Waals surface area contributed by atoms with E-state index >= 15 is 0 Å². The number of aromatic nitrogens is 1. The highest BCUT2D eigenvalue weighted by atomic mass is 19.1. The second kappa shape index (κ2) is 8.43. The van der Waals surface area contributed by atoms with E-state index in [1.807, 2.05) is 11.0 Å². The number of urea groups is 1. The lowest BCUT2D eigenvalue weighted by molar-refractivity contribution is 0.102. The van der Waals surface area contributed by atoms with Crippen LogP contribution in [0.2, 0.25) is 0 Å². The predicted octanol–water partition coefficient (Wildman–Crippen LogP) is 3.91. The first-order chi connectivity index (χ1) is 13.6. The molecule has 2 N–H and O–H groups in total. The number of amides is 2. The number of hydrogen-bond donors (Lipinski definition) is 1. The average molecular weight is 384 g/mol. The van der Waals surface area contributed by atoms with E-state index in [0.29, 0.717) is 11.3 Å². The molecule has 2 fully saturated rings. The molecule has 5 nitrogen and oxygen atoms in total. The summed E-state index contributed by atoms with van der Waals surface area (Å²) in [5.41, 5.74) is 7.50. The summed E-state index contributed by atoms with van der Waals surface area (Å²) in [6.07, 6.45) is 8.36. The highest BCUT2D eigenvalue weighted by molar-refractivity contribution is 5.82. The van der Waals surface area contributed by atoms with Gasteiger partial charge in [-0.2, -0.15) is 0 Å². The molecule has 1 aromatic carbocycles. The molecule has 6 heteroatoms. The van der Waals surface area contributed by atoms with Crippen molar-refractivity contribution in [1.82, 2.24) is 14.8 Å². The van der Waals surface area contributed by atoms with E-state index in [0.717, 1.165) is 62.9 Å². The van der Waals surface area contributed by atoms with Crippen molar-refractivity contribution in [3.8, 4) is 0 Å². The number of nitrogens with zero attached hydrogens (tertiary/aromatic N) is 3. The molecule has 0 bridgehead atoms. The zero-order chi connectivity index (χ0) is 19.5. The number of rotatable bonds is 3. The Hall–Kier alpha value is -2.21. The maximum absolute atomic E-state index is 14.0. The minimum Gasteiger partial charge on any atom is -0.351 e. The van der Waals surface area contributed by atoms with Crippen molar-refractivity contribution < 1.29 is 9.18 Å². The Morgan fingerprint density at radius 3 is 2.71 bits per heavy atom. The summed E-state index contributed by atoms with van der Waals surface area (Å²) >= 11 is 0. The normalized spacial score (nSPS) is 22.3. The van der Waals surface area contributed by atoms with Gasteiger partial charge in [0, 0.05) is 30.7 Å². The van der Waals surface area contributed by atoms with E-state index in [1.165, 1.54) is 12.8 Å². The number of primary amides is 1. The molecule has 2 aliphatic heterocycles. The molecular weight excluding hydrogens is 355 g/mol. The molecule has 3 heterocycles. The number of nitrogens with two attached hydrogens (primary N) is 1. The lowest BCUT2D eigenvalue weighted by Gasteiger charge is -2.40. The van der Waals surface area contributed by atoms with E-state index in [9.17, 15) is 9.18 Å². The zero-order valence-electron chi connectivity index (χ0n) is 16.3. The van der Waals surface area contributed by atoms with Gasteiger partial charge in [-0.1, -0.05) is 18.9 Å². The van der Waals surface area contributed by atoms with Crippen LogP contribution in [-0.2, 0) is 6.54 Å². The predicted molar refractivity (Wildman–Crippen MR) is 108 cm³/mol. The first-order valence-corrected chi connectivity index (χ1v) is 10.4. The summed E-state index contributed by atoms with van der Waals surface area (Å²) in [4.78, 5) is 20.7. The van der Waals surface area contributed by atoms with Crippen LogP contribution in [0.3, 0.4) is 0 Å². The fraction of sp³-hybridized carbons (Fsp3) is 0.545. The van der Waals surface area contributed by atoms with E-state index in [2.05, 4.69) is 9.88 Å². The van der Waals surface area contributed by atoms with Gasteiger partial charge in [-0.15, -0.1) is 0 Å². The molecule has 2 amide bonds. The fourth-order valence-corrected chi connectivity index (χ4v) is 4.96. The van der Waals surface area contributed by atoms with Gasteiger partial charge < -0.3 is 10.6 Å². The summed E-state index contributed by atoms with van der Waals surface area (Å²) in [6.45, 7) is 3.55. The summed E-state index contributed by atoms with van der Waals surface area (Å²) in [5, 5.41) is 0.588. The quantitative estimate of drug-likeness (QED) is 0.873. The summed E-state index contributed by atoms with van der Waals surface area (Å²) in [7, 11) is 0. The largest absolute Gasteiger partial charge is 0.351 e. The van der Waals surface area contributed by atoms with Crippen LogP contribution in [0.4, 0.5) is 9.18 Å². The van der Waals surface area contributed by atoms with Crippen molar-refractivity contribution in [3.63, 3.8) is 0 Å². The summed E-state index contributed by atoms with van der Waals surface area (Å²) < 4.78 is 14.0. The van der Waals surface area contributed by atoms with Crippen LogP contribution in [0.5, 0.6) is 0 Å². The van der Waals surface area contributed by atoms with Crippen molar-refractivity contribution in [3.05, 3.63) is 41.8 Å². The van der Waals surface area contributed by atoms with Crippen LogP contribution < -0.4 is 5.73 Å². The number of likely N-dealkylation sites (tertiary alicyclic amines) is 2. The SMILES string of the molecule is NC(=O)N1CCCCCC1C1CCN(Cc2ccc(F)c3cccnc23)CC1. The third kappa shape index (κ3) is 3.97. The second-order valence-corrected chi connectivity index (χ2v) is 8.17. The maximum Gasteiger partial charge on any atom is 0.315 e. The van der Waals surface area contributed by atoms with Crippen molar-refractivity contribution in [1.29, 1.82) is 0 Å². The van der Waals surface area contributed by atoms with Gasteiger partial charge >= 0.3 is 6.03 Å². The summed E-state index contributed by atoms with van der Waals surface area (Å²) in [5.74, 6) is 0.301. The number of carbonyl (C=O) groups excluding carboxylic acids is 1. The number of carbonyl (C=O) groups is 1. The Labute approximate surface area is 165 Å². The first kappa shape index (κ1) is 19.1. The van der Waals surface area contributed by atoms with Gasteiger partial charge in [0.15, 0.2) is 0 Å². The molecule has 4 rings (SSSR count). The van der Waals surface area contributed by atoms with Gasteiger partial charge in [0.2, 0.25) is 0 Å². The molecule has 150 valence electrons. The summed E-state index contributed by atoms with van der Waals surface area (Å²) in [6, 6.07) is 6.99. The Bertz CT molecular complexity index is 834. The number of pyridine rings is 1. The fourth-order valence-electron chi connectivity index (χ4n) is 4.96. The van der Waals surface area contributed by atoms with Crippen LogP contribution in [0.1, 0.15) is 44.1 Å². The van der Waals surface area contributed by atoms with Gasteiger partial charge in [0.25, 0.3) is 0 Å². The highest BCUT2D eigenvalue weighted by Crippen LogP contribution is 2.31. The first-order valence-electron chi connectivity index (χ1n) is 10.4. The minimum absolute atomic E-state index is 0.217. The van der Waals surface area contributed by atoms with Crippen LogP contribution in [-0.4, -0.2) is 46.5 Å². The van der Waals surface area contributed by atoms with Crippen LogP contribution in [0, 0.1) is 11.7 Å². The maximum atomic E-state index is 14.0. The zero-order valence-corrected chi connectivity index (χ0v) is 16.3. The molecule has 0 spiro atoms. The molecule has 1 atom stereocenters. The molecule has 0 saturated carbocycles. The monoisotopic (exact) mass is 384 g/mol. The smallest absolute Gasteiger partial charge is 0.315 e. The third-order valence-corrected chi connectivity index (χ3v) is 6.45. The topological polar surface area (TPSA) is 62.5 Å². The second-order valence-electron chi connectivity index (χ2n) is 8.17. The van der Waals surface area contributed by atoms with Gasteiger partial charge in [0.05, 0.1) is 5.52 Å². The van der Waals surface area contributed by atoms with Crippen molar-refractivity contribution in [2.24, 2.45) is 11.7 Å². The van der Waals surface area contributed by atoms with Crippen LogP contribution >= 0.6 is 0 Å². The highest BCUT2D eigenvalue weighted by Gasteiger charge is 2.33. The van der Waals surface area contributed by atoms with E-state index < -0.39 is 0 Å². The number of fused-ring (bicyclic) bond motifs is 1. The van der Waals surface area contributed by atoms with Gasteiger partial charge in [0.1, 0.15) is 5.82 Å². The molecule has 2 aliphatic rings. The molecule has 0 aliphatic carbocycles. The molecule has 0 radical (unpaired) electrons. The molecule has 2 aromatic rings. The molecule has 2 saturated heterocycles.